The van der Waals surface area contributed by atoms with Gasteiger partial charge in [-0.25, -0.2) is 9.98 Å². The molecule has 4 rings (SSSR count). The molecule has 2 aromatic carbocycles. The van der Waals surface area contributed by atoms with Crippen molar-refractivity contribution >= 4 is 17.6 Å². The van der Waals surface area contributed by atoms with Gasteiger partial charge in [0.15, 0.2) is 6.17 Å². The van der Waals surface area contributed by atoms with Crippen LogP contribution in [-0.4, -0.2) is 15.5 Å². The van der Waals surface area contributed by atoms with Crippen LogP contribution in [0.3, 0.4) is 0 Å². The molecule has 0 fully saturated rings. The third-order valence-electron chi connectivity index (χ3n) is 4.74. The third-order valence-corrected chi connectivity index (χ3v) is 4.74. The van der Waals surface area contributed by atoms with Gasteiger partial charge in [0.05, 0.1) is 0 Å². The minimum absolute atomic E-state index is 0.132. The highest BCUT2D eigenvalue weighted by molar-refractivity contribution is 6.03. The van der Waals surface area contributed by atoms with E-state index in [2.05, 4.69) is 41.6 Å². The summed E-state index contributed by atoms with van der Waals surface area (Å²) in [6.45, 7) is 6.15. The quantitative estimate of drug-likeness (QED) is 0.725. The normalized spacial score (nSPS) is 15.6. The largest absolute Gasteiger partial charge is 0.326 e. The molecule has 142 valence electrons. The first kappa shape index (κ1) is 18.0. The van der Waals surface area contributed by atoms with E-state index in [1.54, 1.807) is 4.57 Å². The minimum Gasteiger partial charge on any atom is -0.326 e. The van der Waals surface area contributed by atoms with Gasteiger partial charge in [0.25, 0.3) is 5.56 Å². The van der Waals surface area contributed by atoms with Gasteiger partial charge in [0.2, 0.25) is 11.9 Å². The summed E-state index contributed by atoms with van der Waals surface area (Å²) >= 11 is 0. The van der Waals surface area contributed by atoms with Crippen LogP contribution in [0.15, 0.2) is 70.5 Å². The summed E-state index contributed by atoms with van der Waals surface area (Å²) in [4.78, 5) is 21.9. The second-order valence-corrected chi connectivity index (χ2v) is 7.22. The van der Waals surface area contributed by atoms with E-state index in [0.29, 0.717) is 23.5 Å². The molecule has 2 N–H and O–H groups in total. The van der Waals surface area contributed by atoms with E-state index in [1.807, 2.05) is 49.4 Å². The van der Waals surface area contributed by atoms with Crippen LogP contribution in [0.4, 0.5) is 11.6 Å². The maximum absolute atomic E-state index is 12.6. The Bertz CT molecular complexity index is 1070. The maximum atomic E-state index is 12.6. The SMILES string of the molecule is Cc1cc(=O)n2c(n1)NC(Nc1ccc(C(C)C)cc1)=NC2c1ccccc1. The number of hydrogen-bond donors (Lipinski definition) is 2. The molecule has 6 nitrogen and oxygen atoms in total. The lowest BCUT2D eigenvalue weighted by atomic mass is 10.0. The van der Waals surface area contributed by atoms with Crippen molar-refractivity contribution in [3.05, 3.63) is 87.8 Å². The van der Waals surface area contributed by atoms with Gasteiger partial charge in [-0.05, 0) is 36.1 Å². The topological polar surface area (TPSA) is 71.3 Å². The van der Waals surface area contributed by atoms with Gasteiger partial charge >= 0.3 is 0 Å². The van der Waals surface area contributed by atoms with Gasteiger partial charge in [-0.1, -0.05) is 56.3 Å². The number of hydrogen-bond acceptors (Lipinski definition) is 5. The van der Waals surface area contributed by atoms with Crippen molar-refractivity contribution in [3.63, 3.8) is 0 Å². The van der Waals surface area contributed by atoms with E-state index in [-0.39, 0.29) is 5.56 Å². The van der Waals surface area contributed by atoms with Gasteiger partial charge in [-0.15, -0.1) is 0 Å². The summed E-state index contributed by atoms with van der Waals surface area (Å²) in [5.74, 6) is 1.52. The van der Waals surface area contributed by atoms with Crippen molar-refractivity contribution < 1.29 is 0 Å². The van der Waals surface area contributed by atoms with Crippen molar-refractivity contribution in [2.75, 3.05) is 10.6 Å². The molecule has 0 bridgehead atoms. The number of nitrogens with zero attached hydrogens (tertiary/aromatic N) is 3. The molecule has 0 spiro atoms. The molecule has 1 aromatic heterocycles. The van der Waals surface area contributed by atoms with Crippen LogP contribution in [0.25, 0.3) is 0 Å². The first-order valence-electron chi connectivity index (χ1n) is 9.38. The highest BCUT2D eigenvalue weighted by Gasteiger charge is 2.24. The van der Waals surface area contributed by atoms with Gasteiger partial charge in [0, 0.05) is 17.4 Å². The zero-order valence-electron chi connectivity index (χ0n) is 16.2. The number of aryl methyl sites for hydroxylation is 1. The number of aromatic nitrogens is 2. The lowest BCUT2D eigenvalue weighted by molar-refractivity contribution is 0.577. The van der Waals surface area contributed by atoms with Crippen LogP contribution in [-0.2, 0) is 0 Å². The standard InChI is InChI=1S/C22H23N5O/c1-14(2)16-9-11-18(12-10-16)24-21-25-20(17-7-5-4-6-8-17)27-19(28)13-15(3)23-22(27)26-21/h4-14,20H,1-3H3,(H2,23,24,25,26). The summed E-state index contributed by atoms with van der Waals surface area (Å²) in [5.41, 5.74) is 3.66. The smallest absolute Gasteiger partial charge is 0.257 e. The molecule has 6 heteroatoms. The van der Waals surface area contributed by atoms with Crippen molar-refractivity contribution in [1.82, 2.24) is 9.55 Å². The fraction of sp³-hybridized carbons (Fsp3) is 0.227. The van der Waals surface area contributed by atoms with Gasteiger partial charge in [-0.2, -0.15) is 0 Å². The maximum Gasteiger partial charge on any atom is 0.257 e. The predicted molar refractivity (Wildman–Crippen MR) is 113 cm³/mol. The van der Waals surface area contributed by atoms with Crippen LogP contribution >= 0.6 is 0 Å². The van der Waals surface area contributed by atoms with Gasteiger partial charge in [0.1, 0.15) is 0 Å². The highest BCUT2D eigenvalue weighted by atomic mass is 16.1. The van der Waals surface area contributed by atoms with E-state index in [4.69, 9.17) is 4.99 Å². The van der Waals surface area contributed by atoms with Crippen LogP contribution in [0.1, 0.15) is 42.8 Å². The highest BCUT2D eigenvalue weighted by Crippen LogP contribution is 2.26. The predicted octanol–water partition coefficient (Wildman–Crippen LogP) is 4.12. The molecule has 2 heterocycles. The van der Waals surface area contributed by atoms with Crippen LogP contribution in [0.5, 0.6) is 0 Å². The molecule has 0 aliphatic carbocycles. The number of nitrogens with one attached hydrogen (secondary N) is 2. The van der Waals surface area contributed by atoms with Crippen molar-refractivity contribution in [2.45, 2.75) is 32.9 Å². The molecule has 0 amide bonds. The Morgan fingerprint density at radius 3 is 2.46 bits per heavy atom. The Morgan fingerprint density at radius 2 is 1.79 bits per heavy atom. The van der Waals surface area contributed by atoms with Crippen LogP contribution < -0.4 is 16.2 Å². The number of guanidine groups is 1. The number of fused-ring (bicyclic) bond motifs is 1. The van der Waals surface area contributed by atoms with E-state index < -0.39 is 6.17 Å². The Morgan fingerprint density at radius 1 is 1.07 bits per heavy atom. The number of rotatable bonds is 3. The van der Waals surface area contributed by atoms with Crippen molar-refractivity contribution in [2.24, 2.45) is 4.99 Å². The molecule has 0 radical (unpaired) electrons. The Labute approximate surface area is 164 Å². The first-order chi connectivity index (χ1) is 13.5. The molecular formula is C22H23N5O. The van der Waals surface area contributed by atoms with E-state index >= 15 is 0 Å². The number of anilines is 2. The number of benzene rings is 2. The summed E-state index contributed by atoms with van der Waals surface area (Å²) in [6.07, 6.45) is -0.476. The monoisotopic (exact) mass is 373 g/mol. The molecule has 1 aliphatic rings. The van der Waals surface area contributed by atoms with Crippen molar-refractivity contribution in [3.8, 4) is 0 Å². The minimum atomic E-state index is -0.476. The fourth-order valence-corrected chi connectivity index (χ4v) is 3.25. The lowest BCUT2D eigenvalue weighted by Crippen LogP contribution is -2.37. The Hall–Kier alpha value is -3.41. The number of aliphatic imine (C=N–C) groups is 1. The van der Waals surface area contributed by atoms with Crippen LogP contribution in [0, 0.1) is 6.92 Å². The van der Waals surface area contributed by atoms with E-state index in [0.717, 1.165) is 11.3 Å². The molecule has 1 atom stereocenters. The average Bonchev–Trinajstić information content (AvgIpc) is 2.68. The second kappa shape index (κ2) is 7.31. The fourth-order valence-electron chi connectivity index (χ4n) is 3.25. The molecule has 28 heavy (non-hydrogen) atoms. The molecule has 1 unspecified atom stereocenters. The Balaban J connectivity index is 1.72. The second-order valence-electron chi connectivity index (χ2n) is 7.22. The first-order valence-corrected chi connectivity index (χ1v) is 9.38. The molecule has 0 saturated carbocycles. The molecule has 3 aromatic rings. The zero-order chi connectivity index (χ0) is 19.7. The molecule has 1 aliphatic heterocycles. The van der Waals surface area contributed by atoms with E-state index in [1.165, 1.54) is 11.6 Å². The zero-order valence-corrected chi connectivity index (χ0v) is 16.2. The Kier molecular flexibility index (Phi) is 4.69. The third kappa shape index (κ3) is 3.53. The molecule has 0 saturated heterocycles. The summed E-state index contributed by atoms with van der Waals surface area (Å²) < 4.78 is 1.58. The van der Waals surface area contributed by atoms with Gasteiger partial charge < -0.3 is 5.32 Å². The van der Waals surface area contributed by atoms with Gasteiger partial charge in [-0.3, -0.25) is 14.7 Å². The molecular weight excluding hydrogens is 350 g/mol. The lowest BCUT2D eigenvalue weighted by Gasteiger charge is -2.27. The average molecular weight is 373 g/mol. The summed E-state index contributed by atoms with van der Waals surface area (Å²) in [5, 5.41) is 6.47. The van der Waals surface area contributed by atoms with Crippen LogP contribution in [0.2, 0.25) is 0 Å². The summed E-state index contributed by atoms with van der Waals surface area (Å²) in [7, 11) is 0. The van der Waals surface area contributed by atoms with E-state index in [9.17, 15) is 4.79 Å². The summed E-state index contributed by atoms with van der Waals surface area (Å²) in [6, 6.07) is 19.5. The van der Waals surface area contributed by atoms with Crippen molar-refractivity contribution in [1.29, 1.82) is 0 Å².